The minimum Gasteiger partial charge on any atom is -0.494 e. The molecule has 0 heterocycles. The Bertz CT molecular complexity index is 1710. The van der Waals surface area contributed by atoms with Gasteiger partial charge in [-0.15, -0.1) is 0 Å². The van der Waals surface area contributed by atoms with Crippen molar-refractivity contribution < 1.29 is 28.6 Å². The largest absolute Gasteiger partial charge is 0.494 e. The Hall–Kier alpha value is -5.80. The van der Waals surface area contributed by atoms with Gasteiger partial charge >= 0.3 is 12.1 Å². The van der Waals surface area contributed by atoms with Crippen LogP contribution in [0.4, 0.5) is 4.79 Å². The Kier molecular flexibility index (Phi) is 11.7. The number of nitrogens with zero attached hydrogens (tertiary/aromatic N) is 3. The first-order chi connectivity index (χ1) is 23.5. The van der Waals surface area contributed by atoms with E-state index in [-0.39, 0.29) is 25.4 Å². The summed E-state index contributed by atoms with van der Waals surface area (Å²) in [5.41, 5.74) is 14.3. The Labute approximate surface area is 278 Å². The summed E-state index contributed by atoms with van der Waals surface area (Å²) in [6.45, 7) is 0.826. The summed E-state index contributed by atoms with van der Waals surface area (Å²) in [7, 11) is 1.26. The number of rotatable bonds is 15. The molecular weight excluding hydrogens is 610 g/mol. The third kappa shape index (κ3) is 8.71. The van der Waals surface area contributed by atoms with Crippen LogP contribution in [0.1, 0.15) is 34.6 Å². The summed E-state index contributed by atoms with van der Waals surface area (Å²) in [6.07, 6.45) is 0.170. The van der Waals surface area contributed by atoms with Crippen LogP contribution in [0, 0.1) is 0 Å². The summed E-state index contributed by atoms with van der Waals surface area (Å²) in [5, 5.41) is 9.00. The first kappa shape index (κ1) is 33.6. The van der Waals surface area contributed by atoms with Gasteiger partial charge in [-0.1, -0.05) is 96.1 Å². The van der Waals surface area contributed by atoms with Gasteiger partial charge in [0.2, 0.25) is 5.91 Å². The molecule has 1 aliphatic rings. The van der Waals surface area contributed by atoms with E-state index in [4.69, 9.17) is 19.7 Å². The number of hydrogen-bond donors (Lipinski definition) is 2. The zero-order valence-electron chi connectivity index (χ0n) is 26.6. The summed E-state index contributed by atoms with van der Waals surface area (Å²) in [6, 6.07) is 30.4. The van der Waals surface area contributed by atoms with Crippen molar-refractivity contribution in [3.8, 4) is 16.9 Å². The van der Waals surface area contributed by atoms with Crippen molar-refractivity contribution in [3.63, 3.8) is 0 Å². The molecule has 4 aromatic carbocycles. The average Bonchev–Trinajstić information content (AvgIpc) is 3.44. The molecule has 0 unspecified atom stereocenters. The molecule has 0 radical (unpaired) electrons. The van der Waals surface area contributed by atoms with Gasteiger partial charge in [0.25, 0.3) is 0 Å². The van der Waals surface area contributed by atoms with Gasteiger partial charge in [-0.2, -0.15) is 0 Å². The van der Waals surface area contributed by atoms with E-state index in [9.17, 15) is 14.4 Å². The lowest BCUT2D eigenvalue weighted by Gasteiger charge is -2.23. The molecule has 0 saturated heterocycles. The van der Waals surface area contributed by atoms with E-state index in [2.05, 4.69) is 32.8 Å². The number of esters is 1. The van der Waals surface area contributed by atoms with E-state index in [0.717, 1.165) is 33.4 Å². The second-order valence-corrected chi connectivity index (χ2v) is 11.3. The molecule has 48 heavy (non-hydrogen) atoms. The van der Waals surface area contributed by atoms with Gasteiger partial charge < -0.3 is 24.8 Å². The number of methoxy groups -OCH3 is 1. The smallest absolute Gasteiger partial charge is 0.407 e. The van der Waals surface area contributed by atoms with Crippen LogP contribution in [0.5, 0.6) is 5.75 Å². The van der Waals surface area contributed by atoms with Crippen molar-refractivity contribution in [2.24, 2.45) is 5.11 Å². The number of nitrogens with one attached hydrogen (secondary N) is 2. The lowest BCUT2D eigenvalue weighted by molar-refractivity contribution is -0.145. The second kappa shape index (κ2) is 16.7. The molecule has 0 bridgehead atoms. The van der Waals surface area contributed by atoms with Crippen LogP contribution in [0.3, 0.4) is 0 Å². The van der Waals surface area contributed by atoms with Crippen LogP contribution >= 0.6 is 0 Å². The minimum absolute atomic E-state index is 0.0951. The summed E-state index contributed by atoms with van der Waals surface area (Å²) < 4.78 is 16.4. The highest BCUT2D eigenvalue weighted by Gasteiger charge is 2.31. The van der Waals surface area contributed by atoms with E-state index in [0.29, 0.717) is 25.3 Å². The molecule has 0 fully saturated rings. The zero-order valence-corrected chi connectivity index (χ0v) is 26.6. The predicted octanol–water partition coefficient (Wildman–Crippen LogP) is 6.12. The molecule has 11 nitrogen and oxygen atoms in total. The standard InChI is InChI=1S/C37H37N5O6/c1-46-36(44)34(23-26-16-18-27(19-17-26)47-21-9-20-39-42-38)40-35(43)33(22-25-10-3-2-4-11-25)41-37(45)48-24-32-30-14-7-5-12-28(30)29-13-6-8-15-31(29)32/h2-8,10-19,32-34H,9,20-24H2,1H3,(H,40,43)(H,41,45)/t33-,34-/m0/s1. The predicted molar refractivity (Wildman–Crippen MR) is 180 cm³/mol. The molecule has 2 atom stereocenters. The van der Waals surface area contributed by atoms with Crippen molar-refractivity contribution in [2.75, 3.05) is 26.9 Å². The minimum atomic E-state index is -1.03. The molecule has 0 aliphatic heterocycles. The first-order valence-electron chi connectivity index (χ1n) is 15.7. The first-order valence-corrected chi connectivity index (χ1v) is 15.7. The van der Waals surface area contributed by atoms with Crippen LogP contribution < -0.4 is 15.4 Å². The Morgan fingerprint density at radius 1 is 0.792 bits per heavy atom. The van der Waals surface area contributed by atoms with Gasteiger partial charge in [-0.25, -0.2) is 9.59 Å². The Balaban J connectivity index is 1.24. The number of alkyl carbamates (subject to hydrolysis) is 1. The molecule has 0 spiro atoms. The topological polar surface area (TPSA) is 152 Å². The fourth-order valence-electron chi connectivity index (χ4n) is 5.78. The fraction of sp³-hybridized carbons (Fsp3) is 0.270. The van der Waals surface area contributed by atoms with E-state index in [1.54, 1.807) is 24.3 Å². The summed E-state index contributed by atoms with van der Waals surface area (Å²) >= 11 is 0. The third-order valence-corrected chi connectivity index (χ3v) is 8.13. The highest BCUT2D eigenvalue weighted by molar-refractivity contribution is 5.90. The van der Waals surface area contributed by atoms with Gasteiger partial charge in [0, 0.05) is 30.2 Å². The molecule has 5 rings (SSSR count). The lowest BCUT2D eigenvalue weighted by atomic mass is 9.98. The second-order valence-electron chi connectivity index (χ2n) is 11.3. The van der Waals surface area contributed by atoms with Crippen molar-refractivity contribution in [1.29, 1.82) is 0 Å². The highest BCUT2D eigenvalue weighted by Crippen LogP contribution is 2.44. The number of carbonyl (C=O) groups is 3. The number of fused-ring (bicyclic) bond motifs is 3. The third-order valence-electron chi connectivity index (χ3n) is 8.13. The molecule has 4 aromatic rings. The molecule has 0 saturated carbocycles. The highest BCUT2D eigenvalue weighted by atomic mass is 16.5. The number of benzene rings is 4. The monoisotopic (exact) mass is 647 g/mol. The molecular formula is C37H37N5O6. The molecule has 246 valence electrons. The van der Waals surface area contributed by atoms with E-state index < -0.39 is 30.1 Å². The van der Waals surface area contributed by atoms with E-state index in [1.165, 1.54) is 7.11 Å². The molecule has 0 aromatic heterocycles. The van der Waals surface area contributed by atoms with Gasteiger partial charge in [-0.05, 0) is 57.5 Å². The van der Waals surface area contributed by atoms with Gasteiger partial charge in [-0.3, -0.25) is 4.79 Å². The van der Waals surface area contributed by atoms with E-state index >= 15 is 0 Å². The fourth-order valence-corrected chi connectivity index (χ4v) is 5.78. The van der Waals surface area contributed by atoms with Crippen molar-refractivity contribution in [1.82, 2.24) is 10.6 Å². The van der Waals surface area contributed by atoms with Gasteiger partial charge in [0.15, 0.2) is 0 Å². The summed E-state index contributed by atoms with van der Waals surface area (Å²) in [5.74, 6) is -0.694. The van der Waals surface area contributed by atoms with Crippen molar-refractivity contribution >= 4 is 18.0 Å². The average molecular weight is 648 g/mol. The maximum absolute atomic E-state index is 13.7. The zero-order chi connectivity index (χ0) is 33.7. The normalized spacial score (nSPS) is 12.8. The van der Waals surface area contributed by atoms with Crippen LogP contribution in [-0.2, 0) is 31.9 Å². The van der Waals surface area contributed by atoms with Crippen LogP contribution in [0.15, 0.2) is 108 Å². The SMILES string of the molecule is COC(=O)[C@H](Cc1ccc(OCCCN=[N+]=[N-])cc1)NC(=O)[C@H](Cc1ccccc1)NC(=O)OCC1c2ccccc2-c2ccccc21. The quantitative estimate of drug-likeness (QED) is 0.0522. The number of carbonyl (C=O) groups excluding carboxylic acids is 3. The van der Waals surface area contributed by atoms with Gasteiger partial charge in [0.05, 0.1) is 13.7 Å². The maximum atomic E-state index is 13.7. The van der Waals surface area contributed by atoms with Crippen LogP contribution in [0.2, 0.25) is 0 Å². The van der Waals surface area contributed by atoms with Crippen LogP contribution in [0.25, 0.3) is 21.6 Å². The van der Waals surface area contributed by atoms with Crippen LogP contribution in [-0.4, -0.2) is 56.9 Å². The maximum Gasteiger partial charge on any atom is 0.407 e. The Morgan fingerprint density at radius 3 is 2.04 bits per heavy atom. The van der Waals surface area contributed by atoms with Gasteiger partial charge in [0.1, 0.15) is 24.4 Å². The molecule has 2 N–H and O–H groups in total. The number of hydrogen-bond acceptors (Lipinski definition) is 7. The number of ether oxygens (including phenoxy) is 3. The number of azide groups is 1. The molecule has 1 aliphatic carbocycles. The molecule has 11 heteroatoms. The lowest BCUT2D eigenvalue weighted by Crippen LogP contribution is -2.53. The Morgan fingerprint density at radius 2 is 1.40 bits per heavy atom. The molecule has 2 amide bonds. The van der Waals surface area contributed by atoms with E-state index in [1.807, 2.05) is 66.7 Å². The summed E-state index contributed by atoms with van der Waals surface area (Å²) in [4.78, 5) is 42.4. The number of amides is 2. The van der Waals surface area contributed by atoms with Crippen molar-refractivity contribution in [2.45, 2.75) is 37.3 Å². The van der Waals surface area contributed by atoms with Crippen molar-refractivity contribution in [3.05, 3.63) is 136 Å².